The van der Waals surface area contributed by atoms with E-state index in [0.717, 1.165) is 17.7 Å². The fourth-order valence-corrected chi connectivity index (χ4v) is 3.49. The first-order chi connectivity index (χ1) is 10.4. The van der Waals surface area contributed by atoms with Crippen molar-refractivity contribution in [2.45, 2.75) is 52.1 Å². The molecule has 1 unspecified atom stereocenters. The second-order valence-electron chi connectivity index (χ2n) is 6.00. The Morgan fingerprint density at radius 1 is 1.59 bits per heavy atom. The molecule has 1 amide bonds. The molecule has 2 heterocycles. The summed E-state index contributed by atoms with van der Waals surface area (Å²) >= 11 is 6.88. The van der Waals surface area contributed by atoms with Crippen LogP contribution >= 0.6 is 23.6 Å². The summed E-state index contributed by atoms with van der Waals surface area (Å²) in [6.07, 6.45) is 1.95. The van der Waals surface area contributed by atoms with E-state index >= 15 is 0 Å². The monoisotopic (exact) mass is 338 g/mol. The lowest BCUT2D eigenvalue weighted by Crippen LogP contribution is -2.46. The van der Waals surface area contributed by atoms with Crippen LogP contribution in [0.4, 0.5) is 0 Å². The SMILES string of the molecule is CCCC(C)(C)NC(=O)C(C)n1c(-c2cccs2)n[nH]c1=S. The Labute approximate surface area is 139 Å². The molecule has 2 aromatic heterocycles. The number of aromatic nitrogens is 3. The van der Waals surface area contributed by atoms with Crippen LogP contribution in [-0.4, -0.2) is 26.2 Å². The first-order valence-corrected chi connectivity index (χ1v) is 8.67. The molecular formula is C15H22N4OS2. The molecule has 0 radical (unpaired) electrons. The number of aromatic amines is 1. The molecule has 2 N–H and O–H groups in total. The van der Waals surface area contributed by atoms with Crippen LogP contribution in [0.3, 0.4) is 0 Å². The molecule has 2 aromatic rings. The maximum Gasteiger partial charge on any atom is 0.243 e. The topological polar surface area (TPSA) is 62.7 Å². The van der Waals surface area contributed by atoms with E-state index in [1.54, 1.807) is 15.9 Å². The Morgan fingerprint density at radius 3 is 2.91 bits per heavy atom. The number of thiophene rings is 1. The van der Waals surface area contributed by atoms with Crippen molar-refractivity contribution in [2.24, 2.45) is 0 Å². The normalized spacial score (nSPS) is 13.1. The van der Waals surface area contributed by atoms with Gasteiger partial charge in [0.05, 0.1) is 4.88 Å². The Balaban J connectivity index is 2.27. The molecule has 2 rings (SSSR count). The molecule has 120 valence electrons. The van der Waals surface area contributed by atoms with Gasteiger partial charge in [0.25, 0.3) is 0 Å². The zero-order valence-corrected chi connectivity index (χ0v) is 15.0. The predicted molar refractivity (Wildman–Crippen MR) is 92.6 cm³/mol. The van der Waals surface area contributed by atoms with Crippen molar-refractivity contribution in [3.8, 4) is 10.7 Å². The van der Waals surface area contributed by atoms with Gasteiger partial charge in [-0.2, -0.15) is 5.10 Å². The van der Waals surface area contributed by atoms with Crippen LogP contribution in [0.1, 0.15) is 46.6 Å². The molecule has 0 aromatic carbocycles. The van der Waals surface area contributed by atoms with E-state index in [4.69, 9.17) is 12.2 Å². The van der Waals surface area contributed by atoms with Crippen LogP contribution in [0.2, 0.25) is 0 Å². The van der Waals surface area contributed by atoms with E-state index in [9.17, 15) is 4.79 Å². The van der Waals surface area contributed by atoms with Crippen LogP contribution in [0, 0.1) is 4.77 Å². The van der Waals surface area contributed by atoms with E-state index in [2.05, 4.69) is 22.4 Å². The summed E-state index contributed by atoms with van der Waals surface area (Å²) in [6, 6.07) is 3.51. The number of rotatable bonds is 6. The minimum Gasteiger partial charge on any atom is -0.349 e. The molecule has 0 saturated heterocycles. The number of carbonyl (C=O) groups is 1. The zero-order chi connectivity index (χ0) is 16.3. The summed E-state index contributed by atoms with van der Waals surface area (Å²) < 4.78 is 2.23. The van der Waals surface area contributed by atoms with E-state index in [-0.39, 0.29) is 11.4 Å². The van der Waals surface area contributed by atoms with Crippen molar-refractivity contribution in [3.63, 3.8) is 0 Å². The highest BCUT2D eigenvalue weighted by Gasteiger charge is 2.26. The van der Waals surface area contributed by atoms with Crippen molar-refractivity contribution in [1.82, 2.24) is 20.1 Å². The standard InChI is InChI=1S/C15H22N4OS2/c1-5-8-15(3,4)16-13(20)10(2)19-12(17-18-14(19)21)11-7-6-9-22-11/h6-7,9-10H,5,8H2,1-4H3,(H,16,20)(H,18,21). The quantitative estimate of drug-likeness (QED) is 0.785. The van der Waals surface area contributed by atoms with Gasteiger partial charge in [0, 0.05) is 5.54 Å². The molecule has 0 saturated carbocycles. The van der Waals surface area contributed by atoms with E-state index < -0.39 is 6.04 Å². The Kier molecular flexibility index (Phi) is 5.18. The number of hydrogen-bond acceptors (Lipinski definition) is 4. The van der Waals surface area contributed by atoms with E-state index in [1.807, 2.05) is 38.3 Å². The van der Waals surface area contributed by atoms with Gasteiger partial charge in [-0.05, 0) is 50.9 Å². The zero-order valence-electron chi connectivity index (χ0n) is 13.3. The summed E-state index contributed by atoms with van der Waals surface area (Å²) in [4.78, 5) is 13.6. The minimum atomic E-state index is -0.417. The van der Waals surface area contributed by atoms with Crippen molar-refractivity contribution in [2.75, 3.05) is 0 Å². The molecule has 5 nitrogen and oxygen atoms in total. The largest absolute Gasteiger partial charge is 0.349 e. The first-order valence-electron chi connectivity index (χ1n) is 7.38. The predicted octanol–water partition coefficient (Wildman–Crippen LogP) is 3.93. The van der Waals surface area contributed by atoms with Gasteiger partial charge in [0.2, 0.25) is 5.91 Å². The second-order valence-corrected chi connectivity index (χ2v) is 7.33. The van der Waals surface area contributed by atoms with Crippen LogP contribution in [0.25, 0.3) is 10.7 Å². The average molecular weight is 339 g/mol. The van der Waals surface area contributed by atoms with Gasteiger partial charge in [0.1, 0.15) is 6.04 Å². The highest BCUT2D eigenvalue weighted by atomic mass is 32.1. The summed E-state index contributed by atoms with van der Waals surface area (Å²) in [5.41, 5.74) is -0.227. The van der Waals surface area contributed by atoms with Crippen molar-refractivity contribution < 1.29 is 4.79 Å². The highest BCUT2D eigenvalue weighted by molar-refractivity contribution is 7.71. The molecule has 0 aliphatic heterocycles. The molecule has 0 aliphatic rings. The summed E-state index contributed by atoms with van der Waals surface area (Å²) in [7, 11) is 0. The summed E-state index contributed by atoms with van der Waals surface area (Å²) in [5.74, 6) is 0.657. The Morgan fingerprint density at radius 2 is 2.32 bits per heavy atom. The number of nitrogens with zero attached hydrogens (tertiary/aromatic N) is 2. The van der Waals surface area contributed by atoms with E-state index in [0.29, 0.717) is 10.6 Å². The lowest BCUT2D eigenvalue weighted by molar-refractivity contribution is -0.125. The van der Waals surface area contributed by atoms with Gasteiger partial charge in [-0.15, -0.1) is 11.3 Å². The molecule has 0 aliphatic carbocycles. The molecule has 0 bridgehead atoms. The number of H-pyrrole nitrogens is 1. The van der Waals surface area contributed by atoms with Crippen LogP contribution in [0.5, 0.6) is 0 Å². The van der Waals surface area contributed by atoms with Gasteiger partial charge in [-0.1, -0.05) is 19.4 Å². The highest BCUT2D eigenvalue weighted by Crippen LogP contribution is 2.26. The average Bonchev–Trinajstić information content (AvgIpc) is 3.06. The minimum absolute atomic E-state index is 0.0474. The summed E-state index contributed by atoms with van der Waals surface area (Å²) in [6.45, 7) is 8.03. The number of amides is 1. The lowest BCUT2D eigenvalue weighted by Gasteiger charge is -2.28. The van der Waals surface area contributed by atoms with Crippen LogP contribution in [0.15, 0.2) is 17.5 Å². The van der Waals surface area contributed by atoms with Crippen molar-refractivity contribution in [3.05, 3.63) is 22.3 Å². The second kappa shape index (κ2) is 6.75. The molecular weight excluding hydrogens is 316 g/mol. The smallest absolute Gasteiger partial charge is 0.243 e. The Bertz CT molecular complexity index is 685. The lowest BCUT2D eigenvalue weighted by atomic mass is 9.98. The third-order valence-electron chi connectivity index (χ3n) is 3.55. The van der Waals surface area contributed by atoms with Crippen LogP contribution in [-0.2, 0) is 4.79 Å². The fourth-order valence-electron chi connectivity index (χ4n) is 2.49. The molecule has 1 atom stereocenters. The molecule has 0 spiro atoms. The number of hydrogen-bond donors (Lipinski definition) is 2. The molecule has 0 fully saturated rings. The molecule has 7 heteroatoms. The van der Waals surface area contributed by atoms with Gasteiger partial charge in [0.15, 0.2) is 10.6 Å². The van der Waals surface area contributed by atoms with Crippen LogP contribution < -0.4 is 5.32 Å². The molecule has 22 heavy (non-hydrogen) atoms. The van der Waals surface area contributed by atoms with E-state index in [1.165, 1.54) is 0 Å². The maximum atomic E-state index is 12.6. The number of carbonyl (C=O) groups excluding carboxylic acids is 1. The van der Waals surface area contributed by atoms with Gasteiger partial charge < -0.3 is 5.32 Å². The van der Waals surface area contributed by atoms with Gasteiger partial charge >= 0.3 is 0 Å². The maximum absolute atomic E-state index is 12.6. The summed E-state index contributed by atoms with van der Waals surface area (Å²) in [5, 5.41) is 12.1. The Hall–Kier alpha value is -1.47. The number of nitrogens with one attached hydrogen (secondary N) is 2. The third kappa shape index (κ3) is 3.64. The van der Waals surface area contributed by atoms with Gasteiger partial charge in [-0.3, -0.25) is 14.5 Å². The first kappa shape index (κ1) is 16.9. The van der Waals surface area contributed by atoms with Crippen molar-refractivity contribution >= 4 is 29.5 Å². The third-order valence-corrected chi connectivity index (χ3v) is 4.70. The fraction of sp³-hybridized carbons (Fsp3) is 0.533. The van der Waals surface area contributed by atoms with Crippen molar-refractivity contribution in [1.29, 1.82) is 0 Å². The van der Waals surface area contributed by atoms with Gasteiger partial charge in [-0.25, -0.2) is 0 Å².